The normalized spacial score (nSPS) is 43.7. The van der Waals surface area contributed by atoms with Gasteiger partial charge in [0.25, 0.3) is 0 Å². The summed E-state index contributed by atoms with van der Waals surface area (Å²) in [6.45, 7) is 1.74. The highest BCUT2D eigenvalue weighted by molar-refractivity contribution is 5.92. The fourth-order valence-corrected chi connectivity index (χ4v) is 5.69. The number of aliphatic carboxylic acids is 1. The topological polar surface area (TPSA) is 52.9 Å². The van der Waals surface area contributed by atoms with E-state index in [0.717, 1.165) is 36.7 Å². The molecule has 1 N–H and O–H groups in total. The maximum atomic E-state index is 11.0. The Labute approximate surface area is 113 Å². The van der Waals surface area contributed by atoms with Gasteiger partial charge in [-0.3, -0.25) is 9.79 Å². The van der Waals surface area contributed by atoms with Crippen LogP contribution in [0.4, 0.5) is 0 Å². The molecule has 4 saturated carbocycles. The number of amidine groups is 1. The molecule has 1 heterocycles. The zero-order valence-electron chi connectivity index (χ0n) is 11.3. The number of nitrogens with zero attached hydrogens (tertiary/aromatic N) is 2. The third kappa shape index (κ3) is 1.79. The molecule has 0 aromatic rings. The van der Waals surface area contributed by atoms with E-state index in [1.54, 1.807) is 0 Å². The predicted octanol–water partition coefficient (Wildman–Crippen LogP) is 2.00. The van der Waals surface area contributed by atoms with Crippen LogP contribution in [0.1, 0.15) is 38.5 Å². The second-order valence-corrected chi connectivity index (χ2v) is 7.22. The first kappa shape index (κ1) is 11.7. The zero-order valence-corrected chi connectivity index (χ0v) is 11.3. The van der Waals surface area contributed by atoms with Crippen molar-refractivity contribution in [2.24, 2.45) is 28.2 Å². The summed E-state index contributed by atoms with van der Waals surface area (Å²) in [7, 11) is 0. The number of aliphatic imine (C=N–C) groups is 1. The van der Waals surface area contributed by atoms with E-state index in [1.807, 2.05) is 0 Å². The van der Waals surface area contributed by atoms with Gasteiger partial charge in [0.05, 0.1) is 6.54 Å². The molecule has 5 rings (SSSR count). The number of hydrogen-bond donors (Lipinski definition) is 1. The number of rotatable bonds is 3. The first-order valence-electron chi connectivity index (χ1n) is 7.66. The van der Waals surface area contributed by atoms with Crippen molar-refractivity contribution in [1.82, 2.24) is 4.90 Å². The maximum absolute atomic E-state index is 11.0. The standard InChI is InChI=1S/C15H22N2O2/c18-13(19)9-17-2-1-16-14(17)15-6-10-3-11(7-15)5-12(4-10)8-15/h10-12H,1-9H2,(H,18,19). The molecule has 0 aromatic carbocycles. The monoisotopic (exact) mass is 262 g/mol. The molecule has 4 heteroatoms. The number of carbonyl (C=O) groups is 1. The highest BCUT2D eigenvalue weighted by atomic mass is 16.4. The molecule has 0 radical (unpaired) electrons. The molecule has 0 saturated heterocycles. The van der Waals surface area contributed by atoms with Gasteiger partial charge in [0.15, 0.2) is 0 Å². The highest BCUT2D eigenvalue weighted by Crippen LogP contribution is 2.61. The summed E-state index contributed by atoms with van der Waals surface area (Å²) >= 11 is 0. The van der Waals surface area contributed by atoms with Crippen molar-refractivity contribution in [3.63, 3.8) is 0 Å². The number of carboxylic acids is 1. The van der Waals surface area contributed by atoms with Gasteiger partial charge in [0, 0.05) is 12.0 Å². The van der Waals surface area contributed by atoms with E-state index in [1.165, 1.54) is 38.5 Å². The molecule has 1 aliphatic heterocycles. The molecule has 4 aliphatic carbocycles. The summed E-state index contributed by atoms with van der Waals surface area (Å²) in [4.78, 5) is 17.8. The van der Waals surface area contributed by atoms with Gasteiger partial charge >= 0.3 is 5.97 Å². The Balaban J connectivity index is 1.62. The van der Waals surface area contributed by atoms with Crippen molar-refractivity contribution >= 4 is 11.8 Å². The average Bonchev–Trinajstić information content (AvgIpc) is 2.74. The maximum Gasteiger partial charge on any atom is 0.323 e. The first-order chi connectivity index (χ1) is 9.14. The Bertz CT molecular complexity index is 408. The van der Waals surface area contributed by atoms with E-state index in [2.05, 4.69) is 4.90 Å². The van der Waals surface area contributed by atoms with Gasteiger partial charge in [-0.1, -0.05) is 0 Å². The summed E-state index contributed by atoms with van der Waals surface area (Å²) in [6.07, 6.45) is 8.08. The lowest BCUT2D eigenvalue weighted by molar-refractivity contribution is -0.137. The minimum atomic E-state index is -0.723. The molecule has 4 nitrogen and oxygen atoms in total. The molecular formula is C15H22N2O2. The van der Waals surface area contributed by atoms with Crippen LogP contribution in [0.15, 0.2) is 4.99 Å². The first-order valence-corrected chi connectivity index (χ1v) is 7.66. The molecule has 104 valence electrons. The summed E-state index contributed by atoms with van der Waals surface area (Å²) < 4.78 is 0. The number of hydrogen-bond acceptors (Lipinski definition) is 3. The fourth-order valence-electron chi connectivity index (χ4n) is 5.69. The van der Waals surface area contributed by atoms with Crippen molar-refractivity contribution in [2.75, 3.05) is 19.6 Å². The minimum absolute atomic E-state index is 0.139. The lowest BCUT2D eigenvalue weighted by Gasteiger charge is -2.57. The number of carboxylic acid groups (broad SMARTS) is 1. The van der Waals surface area contributed by atoms with Gasteiger partial charge in [-0.2, -0.15) is 0 Å². The van der Waals surface area contributed by atoms with Crippen LogP contribution < -0.4 is 0 Å². The summed E-state index contributed by atoms with van der Waals surface area (Å²) in [6, 6.07) is 0. The second-order valence-electron chi connectivity index (χ2n) is 7.22. The van der Waals surface area contributed by atoms with Crippen molar-refractivity contribution in [3.05, 3.63) is 0 Å². The lowest BCUT2D eigenvalue weighted by Crippen LogP contribution is -2.54. The van der Waals surface area contributed by atoms with Crippen LogP contribution in [0.25, 0.3) is 0 Å². The van der Waals surface area contributed by atoms with Gasteiger partial charge in [-0.15, -0.1) is 0 Å². The molecule has 0 atom stereocenters. The van der Waals surface area contributed by atoms with Crippen molar-refractivity contribution in [2.45, 2.75) is 38.5 Å². The Morgan fingerprint density at radius 3 is 2.32 bits per heavy atom. The molecule has 4 bridgehead atoms. The van der Waals surface area contributed by atoms with Crippen molar-refractivity contribution < 1.29 is 9.90 Å². The van der Waals surface area contributed by atoms with Gasteiger partial charge < -0.3 is 10.0 Å². The van der Waals surface area contributed by atoms with Crippen molar-refractivity contribution in [1.29, 1.82) is 0 Å². The summed E-state index contributed by atoms with van der Waals surface area (Å²) in [5.41, 5.74) is 0.251. The Morgan fingerprint density at radius 1 is 1.21 bits per heavy atom. The Kier molecular flexibility index (Phi) is 2.45. The fraction of sp³-hybridized carbons (Fsp3) is 0.867. The molecule has 0 amide bonds. The third-order valence-electron chi connectivity index (χ3n) is 5.77. The SMILES string of the molecule is O=C(O)CN1CCN=C1C12CC3CC(CC(C3)C1)C2. The van der Waals surface area contributed by atoms with Crippen LogP contribution in [-0.2, 0) is 4.79 Å². The molecule has 0 aromatic heterocycles. The highest BCUT2D eigenvalue weighted by Gasteiger charge is 2.54. The molecule has 4 fully saturated rings. The van der Waals surface area contributed by atoms with E-state index < -0.39 is 5.97 Å². The van der Waals surface area contributed by atoms with Crippen LogP contribution in [0.3, 0.4) is 0 Å². The van der Waals surface area contributed by atoms with Gasteiger partial charge in [0.2, 0.25) is 0 Å². The van der Waals surface area contributed by atoms with E-state index in [9.17, 15) is 4.79 Å². The quantitative estimate of drug-likeness (QED) is 0.846. The summed E-state index contributed by atoms with van der Waals surface area (Å²) in [5, 5.41) is 9.08. The van der Waals surface area contributed by atoms with Gasteiger partial charge in [-0.05, 0) is 56.3 Å². The van der Waals surface area contributed by atoms with Crippen LogP contribution >= 0.6 is 0 Å². The Morgan fingerprint density at radius 2 is 1.79 bits per heavy atom. The van der Waals surface area contributed by atoms with Gasteiger partial charge in [0.1, 0.15) is 12.4 Å². The molecule has 0 spiro atoms. The molecular weight excluding hydrogens is 240 g/mol. The smallest absolute Gasteiger partial charge is 0.323 e. The average molecular weight is 262 g/mol. The molecule has 19 heavy (non-hydrogen) atoms. The van der Waals surface area contributed by atoms with Crippen LogP contribution in [-0.4, -0.2) is 41.4 Å². The minimum Gasteiger partial charge on any atom is -0.480 e. The summed E-state index contributed by atoms with van der Waals surface area (Å²) in [5.74, 6) is 3.11. The predicted molar refractivity (Wildman–Crippen MR) is 72.1 cm³/mol. The largest absolute Gasteiger partial charge is 0.480 e. The van der Waals surface area contributed by atoms with Crippen molar-refractivity contribution in [3.8, 4) is 0 Å². The lowest BCUT2D eigenvalue weighted by atomic mass is 9.49. The van der Waals surface area contributed by atoms with E-state index in [4.69, 9.17) is 10.1 Å². The van der Waals surface area contributed by atoms with Crippen LogP contribution in [0, 0.1) is 23.2 Å². The Hall–Kier alpha value is -1.06. The van der Waals surface area contributed by atoms with Gasteiger partial charge in [-0.25, -0.2) is 0 Å². The van der Waals surface area contributed by atoms with Crippen LogP contribution in [0.2, 0.25) is 0 Å². The van der Waals surface area contributed by atoms with Crippen LogP contribution in [0.5, 0.6) is 0 Å². The van der Waals surface area contributed by atoms with E-state index in [-0.39, 0.29) is 12.0 Å². The molecule has 0 unspecified atom stereocenters. The zero-order chi connectivity index (χ0) is 13.0. The molecule has 5 aliphatic rings. The van der Waals surface area contributed by atoms with E-state index >= 15 is 0 Å². The van der Waals surface area contributed by atoms with E-state index in [0.29, 0.717) is 0 Å². The third-order valence-corrected chi connectivity index (χ3v) is 5.77. The second kappa shape index (κ2) is 3.97.